The second-order valence-electron chi connectivity index (χ2n) is 5.81. The van der Waals surface area contributed by atoms with Crippen LogP contribution >= 0.6 is 0 Å². The molecule has 25 heavy (non-hydrogen) atoms. The Bertz CT molecular complexity index is 875. The van der Waals surface area contributed by atoms with Gasteiger partial charge in [-0.3, -0.25) is 9.79 Å². The van der Waals surface area contributed by atoms with Crippen LogP contribution in [0.15, 0.2) is 95.2 Å². The minimum atomic E-state index is -0.0146. The van der Waals surface area contributed by atoms with Crippen LogP contribution in [0.3, 0.4) is 0 Å². The number of aliphatic imine (C=N–C) groups is 1. The smallest absolute Gasteiger partial charge is 0.186 e. The minimum absolute atomic E-state index is 0.0146. The summed E-state index contributed by atoms with van der Waals surface area (Å²) < 4.78 is 0. The Hall–Kier alpha value is -3.20. The quantitative estimate of drug-likeness (QED) is 0.474. The Morgan fingerprint density at radius 2 is 1.64 bits per heavy atom. The largest absolute Gasteiger partial charge is 0.350 e. The van der Waals surface area contributed by atoms with Crippen molar-refractivity contribution in [2.24, 2.45) is 4.99 Å². The molecule has 0 amide bonds. The summed E-state index contributed by atoms with van der Waals surface area (Å²) in [5.41, 5.74) is 4.59. The van der Waals surface area contributed by atoms with Crippen molar-refractivity contribution in [3.05, 3.63) is 101 Å². The Labute approximate surface area is 148 Å². The zero-order valence-electron chi connectivity index (χ0n) is 14.4. The molecule has 0 spiro atoms. The fourth-order valence-corrected chi connectivity index (χ4v) is 2.78. The van der Waals surface area contributed by atoms with Crippen molar-refractivity contribution in [2.45, 2.75) is 0 Å². The van der Waals surface area contributed by atoms with Crippen LogP contribution in [0.1, 0.15) is 15.9 Å². The zero-order valence-corrected chi connectivity index (χ0v) is 14.4. The van der Waals surface area contributed by atoms with Crippen molar-refractivity contribution in [3.63, 3.8) is 0 Å². The first-order chi connectivity index (χ1) is 12.2. The minimum Gasteiger partial charge on any atom is -0.350 e. The first kappa shape index (κ1) is 16.7. The molecule has 2 aromatic rings. The molecular formula is C22H20N2O. The van der Waals surface area contributed by atoms with E-state index in [-0.39, 0.29) is 5.78 Å². The predicted molar refractivity (Wildman–Crippen MR) is 104 cm³/mol. The topological polar surface area (TPSA) is 32.7 Å². The molecule has 0 aromatic heterocycles. The van der Waals surface area contributed by atoms with Crippen LogP contribution in [0.5, 0.6) is 0 Å². The Balaban J connectivity index is 2.03. The number of rotatable bonds is 4. The van der Waals surface area contributed by atoms with Crippen molar-refractivity contribution >= 4 is 17.7 Å². The lowest BCUT2D eigenvalue weighted by Gasteiger charge is -2.25. The summed E-state index contributed by atoms with van der Waals surface area (Å²) in [6.07, 6.45) is 7.49. The van der Waals surface area contributed by atoms with Crippen molar-refractivity contribution in [1.82, 2.24) is 4.90 Å². The summed E-state index contributed by atoms with van der Waals surface area (Å²) in [4.78, 5) is 18.8. The van der Waals surface area contributed by atoms with E-state index in [4.69, 9.17) is 0 Å². The van der Waals surface area contributed by atoms with Gasteiger partial charge in [0.1, 0.15) is 0 Å². The Kier molecular flexibility index (Phi) is 5.05. The number of hydrogen-bond acceptors (Lipinski definition) is 3. The summed E-state index contributed by atoms with van der Waals surface area (Å²) in [5.74, 6) is -0.0146. The second kappa shape index (κ2) is 7.58. The van der Waals surface area contributed by atoms with E-state index in [1.807, 2.05) is 67.9 Å². The molecule has 1 heterocycles. The fourth-order valence-electron chi connectivity index (χ4n) is 2.78. The van der Waals surface area contributed by atoms with Gasteiger partial charge in [-0.05, 0) is 23.3 Å². The number of allylic oxidation sites excluding steroid dienone is 4. The van der Waals surface area contributed by atoms with E-state index in [1.54, 1.807) is 19.3 Å². The van der Waals surface area contributed by atoms with E-state index in [0.717, 1.165) is 22.4 Å². The van der Waals surface area contributed by atoms with E-state index in [2.05, 4.69) is 22.0 Å². The van der Waals surface area contributed by atoms with E-state index < -0.39 is 0 Å². The molecule has 3 heteroatoms. The fraction of sp³-hybridized carbons (Fsp3) is 0.0909. The second-order valence-corrected chi connectivity index (χ2v) is 5.81. The maximum atomic E-state index is 12.6. The van der Waals surface area contributed by atoms with E-state index in [9.17, 15) is 4.79 Å². The molecule has 0 atom stereocenters. The molecule has 0 unspecified atom stereocenters. The van der Waals surface area contributed by atoms with Gasteiger partial charge in [0.05, 0.1) is 0 Å². The molecule has 0 radical (unpaired) electrons. The Morgan fingerprint density at radius 3 is 2.28 bits per heavy atom. The van der Waals surface area contributed by atoms with Crippen LogP contribution in [-0.4, -0.2) is 31.0 Å². The van der Waals surface area contributed by atoms with Gasteiger partial charge >= 0.3 is 0 Å². The maximum Gasteiger partial charge on any atom is 0.186 e. The third-order valence-corrected chi connectivity index (χ3v) is 4.02. The Morgan fingerprint density at radius 1 is 1.00 bits per heavy atom. The van der Waals surface area contributed by atoms with Gasteiger partial charge in [0, 0.05) is 43.3 Å². The summed E-state index contributed by atoms with van der Waals surface area (Å²) in [7, 11) is 3.73. The lowest BCUT2D eigenvalue weighted by molar-refractivity contribution is 0.104. The van der Waals surface area contributed by atoms with Gasteiger partial charge in [-0.1, -0.05) is 60.7 Å². The highest BCUT2D eigenvalue weighted by Crippen LogP contribution is 2.28. The lowest BCUT2D eigenvalue weighted by Crippen LogP contribution is -2.16. The lowest BCUT2D eigenvalue weighted by atomic mass is 9.97. The molecule has 2 aromatic carbocycles. The van der Waals surface area contributed by atoms with E-state index in [1.165, 1.54) is 0 Å². The molecule has 0 saturated carbocycles. The molecule has 124 valence electrons. The highest BCUT2D eigenvalue weighted by molar-refractivity contribution is 6.07. The third-order valence-electron chi connectivity index (χ3n) is 4.02. The van der Waals surface area contributed by atoms with Gasteiger partial charge in [0.25, 0.3) is 0 Å². The monoisotopic (exact) mass is 328 g/mol. The molecule has 3 rings (SSSR count). The predicted octanol–water partition coefficient (Wildman–Crippen LogP) is 4.37. The van der Waals surface area contributed by atoms with Crippen molar-refractivity contribution in [1.29, 1.82) is 0 Å². The molecule has 0 fully saturated rings. The van der Waals surface area contributed by atoms with Gasteiger partial charge in [0.2, 0.25) is 0 Å². The van der Waals surface area contributed by atoms with Crippen LogP contribution in [-0.2, 0) is 0 Å². The first-order valence-corrected chi connectivity index (χ1v) is 8.14. The third kappa shape index (κ3) is 3.83. The van der Waals surface area contributed by atoms with Crippen LogP contribution < -0.4 is 0 Å². The summed E-state index contributed by atoms with van der Waals surface area (Å²) in [6.45, 7) is 0. The van der Waals surface area contributed by atoms with Gasteiger partial charge in [-0.25, -0.2) is 0 Å². The van der Waals surface area contributed by atoms with Gasteiger partial charge in [-0.15, -0.1) is 0 Å². The highest BCUT2D eigenvalue weighted by atomic mass is 16.1. The van der Waals surface area contributed by atoms with Gasteiger partial charge in [-0.2, -0.15) is 0 Å². The standard InChI is InChI=1S/C22H20N2O/c1-23-15-20-16-24(2)21(17-9-5-3-6-10-17)13-19(20)14-22(25)18-11-7-4-8-12-18/h3-16H,1-2H3/b19-14+,23-15?. The molecular weight excluding hydrogens is 308 g/mol. The molecule has 0 bridgehead atoms. The van der Waals surface area contributed by atoms with Gasteiger partial charge < -0.3 is 4.90 Å². The number of hydrogen-bond donors (Lipinski definition) is 0. The van der Waals surface area contributed by atoms with E-state index >= 15 is 0 Å². The SMILES string of the molecule is CN=CC1=CN(C)C(c2ccccc2)=C/C1=C\C(=O)c1ccccc1. The van der Waals surface area contributed by atoms with Crippen molar-refractivity contribution < 1.29 is 4.79 Å². The summed E-state index contributed by atoms with van der Waals surface area (Å²) in [5, 5.41) is 0. The van der Waals surface area contributed by atoms with E-state index in [0.29, 0.717) is 5.56 Å². The van der Waals surface area contributed by atoms with Crippen LogP contribution in [0, 0.1) is 0 Å². The number of ketones is 1. The first-order valence-electron chi connectivity index (χ1n) is 8.14. The zero-order chi connectivity index (χ0) is 17.6. The number of carbonyl (C=O) groups excluding carboxylic acids is 1. The summed E-state index contributed by atoms with van der Waals surface area (Å²) in [6, 6.07) is 19.4. The average molecular weight is 328 g/mol. The molecule has 0 saturated heterocycles. The average Bonchev–Trinajstić information content (AvgIpc) is 2.65. The van der Waals surface area contributed by atoms with Crippen molar-refractivity contribution in [2.75, 3.05) is 14.1 Å². The molecule has 1 aliphatic rings. The maximum absolute atomic E-state index is 12.6. The highest BCUT2D eigenvalue weighted by Gasteiger charge is 2.16. The van der Waals surface area contributed by atoms with Gasteiger partial charge in [0.15, 0.2) is 5.78 Å². The molecule has 0 N–H and O–H groups in total. The normalized spacial score (nSPS) is 16.1. The number of benzene rings is 2. The molecule has 1 aliphatic heterocycles. The van der Waals surface area contributed by atoms with Crippen LogP contribution in [0.25, 0.3) is 5.70 Å². The number of carbonyl (C=O) groups is 1. The molecule has 3 nitrogen and oxygen atoms in total. The van der Waals surface area contributed by atoms with Crippen LogP contribution in [0.2, 0.25) is 0 Å². The summed E-state index contributed by atoms with van der Waals surface area (Å²) >= 11 is 0. The number of nitrogens with zero attached hydrogens (tertiary/aromatic N) is 2. The van der Waals surface area contributed by atoms with Crippen molar-refractivity contribution in [3.8, 4) is 0 Å². The molecule has 0 aliphatic carbocycles. The van der Waals surface area contributed by atoms with Crippen LogP contribution in [0.4, 0.5) is 0 Å².